The molecule has 3 heteroatoms. The molecule has 1 aromatic carbocycles. The van der Waals surface area contributed by atoms with Crippen LogP contribution in [0.25, 0.3) is 11.3 Å². The van der Waals surface area contributed by atoms with Crippen LogP contribution in [0, 0.1) is 0 Å². The highest BCUT2D eigenvalue weighted by molar-refractivity contribution is 5.64. The van der Waals surface area contributed by atoms with Gasteiger partial charge in [0.2, 0.25) is 0 Å². The number of nitrogens with zero attached hydrogens (tertiary/aromatic N) is 2. The molecule has 0 atom stereocenters. The second kappa shape index (κ2) is 8.88. The molecule has 0 spiro atoms. The van der Waals surface area contributed by atoms with Crippen LogP contribution < -0.4 is 10.2 Å². The van der Waals surface area contributed by atoms with E-state index in [1.54, 1.807) is 0 Å². The molecule has 3 rings (SSSR count). The maximum Gasteiger partial charge on any atom is 0.129 e. The number of rotatable bonds is 7. The number of unbranched alkanes of at least 4 members (excludes halogenated alkanes) is 1. The van der Waals surface area contributed by atoms with E-state index >= 15 is 0 Å². The third kappa shape index (κ3) is 4.70. The van der Waals surface area contributed by atoms with Crippen molar-refractivity contribution < 1.29 is 0 Å². The maximum atomic E-state index is 4.98. The van der Waals surface area contributed by atoms with E-state index in [1.807, 2.05) is 0 Å². The van der Waals surface area contributed by atoms with Gasteiger partial charge in [-0.05, 0) is 47.6 Å². The molecule has 1 N–H and O–H groups in total. The Morgan fingerprint density at radius 2 is 1.85 bits per heavy atom. The lowest BCUT2D eigenvalue weighted by atomic mass is 9.77. The van der Waals surface area contributed by atoms with Crippen LogP contribution in [0.4, 0.5) is 5.82 Å². The lowest BCUT2D eigenvalue weighted by Crippen LogP contribution is -2.43. The highest BCUT2D eigenvalue weighted by Crippen LogP contribution is 2.34. The van der Waals surface area contributed by atoms with Gasteiger partial charge in [-0.15, -0.1) is 0 Å². The van der Waals surface area contributed by atoms with Crippen molar-refractivity contribution in [2.75, 3.05) is 31.1 Å². The summed E-state index contributed by atoms with van der Waals surface area (Å²) in [6, 6.07) is 13.4. The molecule has 146 valence electrons. The van der Waals surface area contributed by atoms with E-state index in [2.05, 4.69) is 74.3 Å². The minimum atomic E-state index is 0.232. The first-order valence-electron chi connectivity index (χ1n) is 10.6. The van der Waals surface area contributed by atoms with Gasteiger partial charge in [0.25, 0.3) is 0 Å². The predicted molar refractivity (Wildman–Crippen MR) is 117 cm³/mol. The summed E-state index contributed by atoms with van der Waals surface area (Å²) in [5, 5.41) is 3.41. The highest BCUT2D eigenvalue weighted by Gasteiger charge is 2.23. The van der Waals surface area contributed by atoms with Crippen molar-refractivity contribution in [2.45, 2.75) is 58.8 Å². The van der Waals surface area contributed by atoms with Gasteiger partial charge in [0.15, 0.2) is 0 Å². The van der Waals surface area contributed by atoms with E-state index in [0.717, 1.165) is 44.1 Å². The van der Waals surface area contributed by atoms with Crippen LogP contribution in [-0.2, 0) is 11.8 Å². The van der Waals surface area contributed by atoms with Crippen molar-refractivity contribution in [3.05, 3.63) is 47.5 Å². The van der Waals surface area contributed by atoms with Gasteiger partial charge >= 0.3 is 0 Å². The fourth-order valence-corrected chi connectivity index (χ4v) is 4.11. The van der Waals surface area contributed by atoms with Gasteiger partial charge in [-0.3, -0.25) is 0 Å². The molecule has 0 aliphatic carbocycles. The van der Waals surface area contributed by atoms with Crippen molar-refractivity contribution >= 4 is 5.82 Å². The fraction of sp³-hybridized carbons (Fsp3) is 0.542. The molecule has 1 aliphatic rings. The van der Waals surface area contributed by atoms with E-state index in [1.165, 1.54) is 36.0 Å². The van der Waals surface area contributed by atoms with Gasteiger partial charge in [-0.1, -0.05) is 58.7 Å². The SMILES string of the molecule is CCCCC(C)(C)c1ccc(-c2cccc(N3CCNCC3)n2)cc1CC. The number of anilines is 1. The molecule has 1 saturated heterocycles. The molecule has 0 radical (unpaired) electrons. The van der Waals surface area contributed by atoms with E-state index in [4.69, 9.17) is 4.98 Å². The molecular formula is C24H35N3. The monoisotopic (exact) mass is 365 g/mol. The van der Waals surface area contributed by atoms with Gasteiger partial charge in [-0.25, -0.2) is 4.98 Å². The minimum absolute atomic E-state index is 0.232. The molecule has 1 aromatic heterocycles. The normalized spacial score (nSPS) is 15.2. The van der Waals surface area contributed by atoms with Gasteiger partial charge in [0, 0.05) is 31.7 Å². The summed E-state index contributed by atoms with van der Waals surface area (Å²) in [5.41, 5.74) is 5.51. The number of nitrogens with one attached hydrogen (secondary N) is 1. The van der Waals surface area contributed by atoms with Gasteiger partial charge in [0.05, 0.1) is 5.69 Å². The van der Waals surface area contributed by atoms with Crippen LogP contribution >= 0.6 is 0 Å². The lowest BCUT2D eigenvalue weighted by Gasteiger charge is -2.29. The van der Waals surface area contributed by atoms with Crippen LogP contribution in [0.3, 0.4) is 0 Å². The highest BCUT2D eigenvalue weighted by atomic mass is 15.2. The second-order valence-electron chi connectivity index (χ2n) is 8.33. The molecule has 0 bridgehead atoms. The number of hydrogen-bond acceptors (Lipinski definition) is 3. The Bertz CT molecular complexity index is 745. The lowest BCUT2D eigenvalue weighted by molar-refractivity contribution is 0.454. The standard InChI is InChI=1S/C24H35N3/c1-5-7-13-24(3,4)21-12-11-20(18-19(21)6-2)22-9-8-10-23(26-22)27-16-14-25-15-17-27/h8-12,18,25H,5-7,13-17H2,1-4H3. The molecule has 1 fully saturated rings. The molecule has 2 heterocycles. The number of aryl methyl sites for hydroxylation is 1. The first-order valence-corrected chi connectivity index (χ1v) is 10.6. The summed E-state index contributed by atoms with van der Waals surface area (Å²) in [6.45, 7) is 13.4. The Morgan fingerprint density at radius 1 is 1.07 bits per heavy atom. The Balaban J connectivity index is 1.89. The molecule has 0 saturated carbocycles. The van der Waals surface area contributed by atoms with Crippen molar-refractivity contribution in [3.8, 4) is 11.3 Å². The van der Waals surface area contributed by atoms with E-state index in [9.17, 15) is 0 Å². The average Bonchev–Trinajstić information content (AvgIpc) is 2.72. The molecule has 0 amide bonds. The number of piperazine rings is 1. The molecular weight excluding hydrogens is 330 g/mol. The van der Waals surface area contributed by atoms with Crippen LogP contribution in [0.2, 0.25) is 0 Å². The zero-order valence-electron chi connectivity index (χ0n) is 17.5. The van der Waals surface area contributed by atoms with E-state index in [0.29, 0.717) is 0 Å². The minimum Gasteiger partial charge on any atom is -0.354 e. The molecule has 27 heavy (non-hydrogen) atoms. The Hall–Kier alpha value is -1.87. The Labute approximate surface area is 165 Å². The van der Waals surface area contributed by atoms with Crippen molar-refractivity contribution in [1.82, 2.24) is 10.3 Å². The van der Waals surface area contributed by atoms with E-state index < -0.39 is 0 Å². The van der Waals surface area contributed by atoms with Crippen LogP contribution in [-0.4, -0.2) is 31.2 Å². The summed E-state index contributed by atoms with van der Waals surface area (Å²) in [4.78, 5) is 7.36. The third-order valence-electron chi connectivity index (χ3n) is 5.84. The summed E-state index contributed by atoms with van der Waals surface area (Å²) in [6.07, 6.45) is 4.85. The number of hydrogen-bond donors (Lipinski definition) is 1. The fourth-order valence-electron chi connectivity index (χ4n) is 4.11. The van der Waals surface area contributed by atoms with Crippen LogP contribution in [0.15, 0.2) is 36.4 Å². The summed E-state index contributed by atoms with van der Waals surface area (Å²) in [5.74, 6) is 1.10. The Kier molecular flexibility index (Phi) is 6.54. The van der Waals surface area contributed by atoms with Gasteiger partial charge < -0.3 is 10.2 Å². The zero-order chi connectivity index (χ0) is 19.3. The molecule has 2 aromatic rings. The van der Waals surface area contributed by atoms with E-state index in [-0.39, 0.29) is 5.41 Å². The number of benzene rings is 1. The number of pyridine rings is 1. The van der Waals surface area contributed by atoms with Crippen LogP contribution in [0.5, 0.6) is 0 Å². The molecule has 3 nitrogen and oxygen atoms in total. The summed E-state index contributed by atoms with van der Waals surface area (Å²) >= 11 is 0. The predicted octanol–water partition coefficient (Wildman–Crippen LogP) is 5.19. The van der Waals surface area contributed by atoms with Crippen molar-refractivity contribution in [2.24, 2.45) is 0 Å². The summed E-state index contributed by atoms with van der Waals surface area (Å²) in [7, 11) is 0. The average molecular weight is 366 g/mol. The van der Waals surface area contributed by atoms with Crippen LogP contribution in [0.1, 0.15) is 58.1 Å². The summed E-state index contributed by atoms with van der Waals surface area (Å²) < 4.78 is 0. The van der Waals surface area contributed by atoms with Gasteiger partial charge in [-0.2, -0.15) is 0 Å². The smallest absolute Gasteiger partial charge is 0.129 e. The second-order valence-corrected chi connectivity index (χ2v) is 8.33. The largest absolute Gasteiger partial charge is 0.354 e. The molecule has 1 aliphatic heterocycles. The first-order chi connectivity index (χ1) is 13.0. The zero-order valence-corrected chi connectivity index (χ0v) is 17.5. The topological polar surface area (TPSA) is 28.2 Å². The third-order valence-corrected chi connectivity index (χ3v) is 5.84. The first kappa shape index (κ1) is 19.9. The Morgan fingerprint density at radius 3 is 2.56 bits per heavy atom. The molecule has 0 unspecified atom stereocenters. The maximum absolute atomic E-state index is 4.98. The van der Waals surface area contributed by atoms with Gasteiger partial charge in [0.1, 0.15) is 5.82 Å². The van der Waals surface area contributed by atoms with Crippen molar-refractivity contribution in [1.29, 1.82) is 0 Å². The quantitative estimate of drug-likeness (QED) is 0.732. The van der Waals surface area contributed by atoms with Crippen molar-refractivity contribution in [3.63, 3.8) is 0 Å². The number of aromatic nitrogens is 1.